The largest absolute Gasteiger partial charge is 0.477 e. The normalized spacial score (nSPS) is 20.3. The van der Waals surface area contributed by atoms with Gasteiger partial charge >= 0.3 is 0 Å². The molecule has 0 bridgehead atoms. The summed E-state index contributed by atoms with van der Waals surface area (Å²) in [4.78, 5) is 2.27. The molecule has 0 spiro atoms. The van der Waals surface area contributed by atoms with Gasteiger partial charge in [0.2, 0.25) is 0 Å². The lowest BCUT2D eigenvalue weighted by Crippen LogP contribution is -2.36. The quantitative estimate of drug-likeness (QED) is 0.772. The number of benzene rings is 1. The zero-order valence-corrected chi connectivity index (χ0v) is 10.0. The second-order valence-corrected chi connectivity index (χ2v) is 4.55. The first-order valence-corrected chi connectivity index (χ1v) is 5.82. The summed E-state index contributed by atoms with van der Waals surface area (Å²) >= 11 is 0. The summed E-state index contributed by atoms with van der Waals surface area (Å²) in [6.45, 7) is 9.07. The third-order valence-electron chi connectivity index (χ3n) is 2.99. The van der Waals surface area contributed by atoms with Crippen molar-refractivity contribution in [3.63, 3.8) is 0 Å². The van der Waals surface area contributed by atoms with Crippen molar-refractivity contribution in [2.45, 2.75) is 32.4 Å². The molecule has 1 fully saturated rings. The zero-order chi connectivity index (χ0) is 11.5. The average Bonchev–Trinajstić information content (AvgIpc) is 2.61. The lowest BCUT2D eigenvalue weighted by Gasteiger charge is -2.28. The highest BCUT2D eigenvalue weighted by molar-refractivity contribution is 5.17. The van der Waals surface area contributed by atoms with Gasteiger partial charge < -0.3 is 9.64 Å². The molecule has 0 amide bonds. The molecule has 2 rings (SSSR count). The summed E-state index contributed by atoms with van der Waals surface area (Å²) in [5.74, 6) is 0.816. The Hall–Kier alpha value is -1.44. The minimum Gasteiger partial charge on any atom is -0.477 e. The van der Waals surface area contributed by atoms with Gasteiger partial charge in [-0.05, 0) is 32.4 Å². The van der Waals surface area contributed by atoms with Gasteiger partial charge in [-0.3, -0.25) is 0 Å². The number of hydrogen-bond acceptors (Lipinski definition) is 2. The van der Waals surface area contributed by atoms with Crippen LogP contribution in [0.2, 0.25) is 0 Å². The molecule has 0 aromatic heterocycles. The van der Waals surface area contributed by atoms with Crippen LogP contribution in [0.4, 0.5) is 0 Å². The highest BCUT2D eigenvalue weighted by Crippen LogP contribution is 2.24. The Morgan fingerprint density at radius 3 is 2.69 bits per heavy atom. The molecule has 2 heteroatoms. The molecule has 0 radical (unpaired) electrons. The maximum atomic E-state index is 5.54. The van der Waals surface area contributed by atoms with Gasteiger partial charge in [-0.1, -0.05) is 30.3 Å². The first-order valence-electron chi connectivity index (χ1n) is 5.82. The minimum atomic E-state index is 0.426. The Bertz CT molecular complexity index is 358. The second kappa shape index (κ2) is 4.60. The summed E-state index contributed by atoms with van der Waals surface area (Å²) in [5.41, 5.74) is 1.36. The molecule has 1 saturated heterocycles. The van der Waals surface area contributed by atoms with E-state index in [1.54, 1.807) is 0 Å². The van der Waals surface area contributed by atoms with Crippen LogP contribution < -0.4 is 0 Å². The summed E-state index contributed by atoms with van der Waals surface area (Å²) in [7, 11) is 0. The van der Waals surface area contributed by atoms with Crippen molar-refractivity contribution in [2.24, 2.45) is 0 Å². The Morgan fingerprint density at radius 1 is 1.38 bits per heavy atom. The van der Waals surface area contributed by atoms with E-state index in [0.717, 1.165) is 18.9 Å². The van der Waals surface area contributed by atoms with Crippen LogP contribution in [0.1, 0.15) is 19.4 Å². The average molecular weight is 217 g/mol. The van der Waals surface area contributed by atoms with E-state index in [9.17, 15) is 0 Å². The van der Waals surface area contributed by atoms with E-state index in [1.807, 2.05) is 6.07 Å². The van der Waals surface area contributed by atoms with Crippen molar-refractivity contribution in [2.75, 3.05) is 6.61 Å². The highest BCUT2D eigenvalue weighted by Gasteiger charge is 2.30. The van der Waals surface area contributed by atoms with Crippen LogP contribution in [-0.2, 0) is 11.2 Å². The number of ether oxygens (including phenoxy) is 1. The summed E-state index contributed by atoms with van der Waals surface area (Å²) in [5, 5.41) is 0. The van der Waals surface area contributed by atoms with Crippen LogP contribution in [0.25, 0.3) is 0 Å². The molecule has 1 aromatic carbocycles. The van der Waals surface area contributed by atoms with Crippen molar-refractivity contribution in [3.05, 3.63) is 48.4 Å². The molecular weight excluding hydrogens is 198 g/mol. The van der Waals surface area contributed by atoms with Crippen molar-refractivity contribution >= 4 is 0 Å². The Kier molecular flexibility index (Phi) is 3.18. The molecule has 0 saturated carbocycles. The Balaban J connectivity index is 2.07. The molecule has 1 heterocycles. The van der Waals surface area contributed by atoms with E-state index in [-0.39, 0.29) is 0 Å². The summed E-state index contributed by atoms with van der Waals surface area (Å²) in [6.07, 6.45) is 1.03. The van der Waals surface area contributed by atoms with Gasteiger partial charge in [0.05, 0.1) is 6.04 Å². The van der Waals surface area contributed by atoms with Crippen molar-refractivity contribution in [1.82, 2.24) is 4.90 Å². The van der Waals surface area contributed by atoms with E-state index in [4.69, 9.17) is 4.74 Å². The minimum absolute atomic E-state index is 0.426. The van der Waals surface area contributed by atoms with Gasteiger partial charge in [-0.2, -0.15) is 0 Å². The molecule has 1 atom stereocenters. The first kappa shape index (κ1) is 11.1. The predicted octanol–water partition coefficient (Wildman–Crippen LogP) is 2.81. The van der Waals surface area contributed by atoms with Gasteiger partial charge in [0, 0.05) is 6.04 Å². The molecule has 0 N–H and O–H groups in total. The predicted molar refractivity (Wildman–Crippen MR) is 66.0 cm³/mol. The number of nitrogens with zero attached hydrogens (tertiary/aromatic N) is 1. The Labute approximate surface area is 97.5 Å². The van der Waals surface area contributed by atoms with Crippen LogP contribution in [0, 0.1) is 0 Å². The van der Waals surface area contributed by atoms with Crippen LogP contribution in [0.15, 0.2) is 42.8 Å². The molecule has 0 unspecified atom stereocenters. The maximum absolute atomic E-state index is 5.54. The second-order valence-electron chi connectivity index (χ2n) is 4.55. The lowest BCUT2D eigenvalue weighted by molar-refractivity contribution is 0.213. The highest BCUT2D eigenvalue weighted by atomic mass is 16.5. The third kappa shape index (κ3) is 2.21. The molecule has 1 aromatic rings. The fraction of sp³-hybridized carbons (Fsp3) is 0.429. The van der Waals surface area contributed by atoms with Crippen LogP contribution in [-0.4, -0.2) is 23.6 Å². The first-order chi connectivity index (χ1) is 7.68. The molecular formula is C14H19NO. The zero-order valence-electron chi connectivity index (χ0n) is 10.0. The summed E-state index contributed by atoms with van der Waals surface area (Å²) in [6, 6.07) is 11.4. The molecule has 16 heavy (non-hydrogen) atoms. The van der Waals surface area contributed by atoms with E-state index in [2.05, 4.69) is 49.6 Å². The molecule has 2 nitrogen and oxygen atoms in total. The molecule has 1 aliphatic heterocycles. The van der Waals surface area contributed by atoms with Gasteiger partial charge in [0.25, 0.3) is 0 Å². The third-order valence-corrected chi connectivity index (χ3v) is 2.99. The van der Waals surface area contributed by atoms with E-state index in [0.29, 0.717) is 12.1 Å². The summed E-state index contributed by atoms with van der Waals surface area (Å²) < 4.78 is 5.54. The van der Waals surface area contributed by atoms with Gasteiger partial charge in [0.1, 0.15) is 6.61 Å². The molecule has 0 aliphatic carbocycles. The number of rotatable bonds is 3. The topological polar surface area (TPSA) is 12.5 Å². The van der Waals surface area contributed by atoms with Gasteiger partial charge in [-0.25, -0.2) is 0 Å². The van der Waals surface area contributed by atoms with E-state index in [1.165, 1.54) is 5.56 Å². The van der Waals surface area contributed by atoms with Crippen LogP contribution >= 0.6 is 0 Å². The van der Waals surface area contributed by atoms with Gasteiger partial charge in [0.15, 0.2) is 5.88 Å². The van der Waals surface area contributed by atoms with E-state index < -0.39 is 0 Å². The SMILES string of the molecule is C=C1OC[C@H](Cc2ccccc2)N1C(C)C. The molecule has 86 valence electrons. The van der Waals surface area contributed by atoms with Crippen LogP contribution in [0.3, 0.4) is 0 Å². The maximum Gasteiger partial charge on any atom is 0.182 e. The monoisotopic (exact) mass is 217 g/mol. The van der Waals surface area contributed by atoms with Crippen molar-refractivity contribution in [1.29, 1.82) is 0 Å². The lowest BCUT2D eigenvalue weighted by atomic mass is 10.1. The van der Waals surface area contributed by atoms with Crippen molar-refractivity contribution in [3.8, 4) is 0 Å². The fourth-order valence-electron chi connectivity index (χ4n) is 2.30. The number of hydrogen-bond donors (Lipinski definition) is 0. The van der Waals surface area contributed by atoms with Crippen molar-refractivity contribution < 1.29 is 4.74 Å². The smallest absolute Gasteiger partial charge is 0.182 e. The van der Waals surface area contributed by atoms with E-state index >= 15 is 0 Å². The molecule has 1 aliphatic rings. The Morgan fingerprint density at radius 2 is 2.06 bits per heavy atom. The van der Waals surface area contributed by atoms with Gasteiger partial charge in [-0.15, -0.1) is 0 Å². The van der Waals surface area contributed by atoms with Crippen LogP contribution in [0.5, 0.6) is 0 Å². The standard InChI is InChI=1S/C14H19NO/c1-11(2)15-12(3)16-10-14(15)9-13-7-5-4-6-8-13/h4-8,11,14H,3,9-10H2,1-2H3/t14-/m0/s1. The fourth-order valence-corrected chi connectivity index (χ4v) is 2.30.